The zero-order valence-corrected chi connectivity index (χ0v) is 15.2. The van der Waals surface area contributed by atoms with Crippen molar-refractivity contribution in [2.45, 2.75) is 19.1 Å². The van der Waals surface area contributed by atoms with Crippen LogP contribution in [0.5, 0.6) is 0 Å². The highest BCUT2D eigenvalue weighted by atomic mass is 32.2. The Kier molecular flexibility index (Phi) is 6.91. The first-order chi connectivity index (χ1) is 12.3. The molecule has 0 aliphatic carbocycles. The van der Waals surface area contributed by atoms with Crippen molar-refractivity contribution < 1.29 is 22.7 Å². The number of carbonyl (C=O) groups is 2. The van der Waals surface area contributed by atoms with Gasteiger partial charge in [-0.15, -0.1) is 0 Å². The summed E-state index contributed by atoms with van der Waals surface area (Å²) in [5, 5.41) is 2.56. The van der Waals surface area contributed by atoms with E-state index in [1.807, 2.05) is 18.2 Å². The fourth-order valence-electron chi connectivity index (χ4n) is 2.24. The molecule has 0 aliphatic heterocycles. The molecule has 0 unspecified atom stereocenters. The van der Waals surface area contributed by atoms with Crippen molar-refractivity contribution in [2.75, 3.05) is 12.0 Å². The molecule has 138 valence electrons. The van der Waals surface area contributed by atoms with Gasteiger partial charge in [-0.25, -0.2) is 13.2 Å². The second-order valence-corrected chi connectivity index (χ2v) is 8.16. The minimum atomic E-state index is -3.28. The van der Waals surface area contributed by atoms with Crippen LogP contribution in [0.2, 0.25) is 0 Å². The largest absolute Gasteiger partial charge is 0.459 e. The Bertz CT molecular complexity index is 835. The number of carbonyl (C=O) groups excluding carboxylic acids is 2. The molecule has 0 fully saturated rings. The van der Waals surface area contributed by atoms with Crippen LogP contribution in [-0.2, 0) is 26.0 Å². The Morgan fingerprint density at radius 2 is 1.58 bits per heavy atom. The molecule has 1 atom stereocenters. The van der Waals surface area contributed by atoms with Crippen LogP contribution < -0.4 is 5.32 Å². The first-order valence-electron chi connectivity index (χ1n) is 8.09. The third-order valence-electron chi connectivity index (χ3n) is 3.63. The lowest BCUT2D eigenvalue weighted by atomic mass is 10.1. The van der Waals surface area contributed by atoms with Crippen LogP contribution in [0.4, 0.5) is 0 Å². The molecule has 1 amide bonds. The summed E-state index contributed by atoms with van der Waals surface area (Å²) in [6.45, 7) is 0.0518. The maximum Gasteiger partial charge on any atom is 0.329 e. The van der Waals surface area contributed by atoms with E-state index in [1.54, 1.807) is 42.5 Å². The maximum atomic E-state index is 12.4. The number of ether oxygens (including phenoxy) is 1. The number of amides is 1. The summed E-state index contributed by atoms with van der Waals surface area (Å²) in [6.07, 6.45) is 1.03. The molecule has 6 nitrogen and oxygen atoms in total. The number of hydrogen-bond donors (Lipinski definition) is 1. The highest BCUT2D eigenvalue weighted by Crippen LogP contribution is 2.07. The number of rotatable bonds is 8. The number of nitrogens with one attached hydrogen (secondary N) is 1. The van der Waals surface area contributed by atoms with Crippen molar-refractivity contribution in [3.63, 3.8) is 0 Å². The van der Waals surface area contributed by atoms with Crippen molar-refractivity contribution in [3.05, 3.63) is 71.8 Å². The van der Waals surface area contributed by atoms with Gasteiger partial charge < -0.3 is 10.1 Å². The van der Waals surface area contributed by atoms with Crippen LogP contribution in [0.25, 0.3) is 0 Å². The Hall–Kier alpha value is -2.67. The predicted octanol–water partition coefficient (Wildman–Crippen LogP) is 1.96. The SMILES string of the molecule is CS(=O)(=O)CC[C@@H](NC(=O)c1ccccc1)C(=O)OCc1ccccc1. The van der Waals surface area contributed by atoms with Gasteiger partial charge >= 0.3 is 5.97 Å². The Labute approximate surface area is 153 Å². The van der Waals surface area contributed by atoms with Crippen molar-refractivity contribution in [2.24, 2.45) is 0 Å². The summed E-state index contributed by atoms with van der Waals surface area (Å²) in [7, 11) is -3.28. The summed E-state index contributed by atoms with van der Waals surface area (Å²) >= 11 is 0. The first-order valence-corrected chi connectivity index (χ1v) is 10.2. The van der Waals surface area contributed by atoms with Crippen LogP contribution in [-0.4, -0.2) is 38.3 Å². The smallest absolute Gasteiger partial charge is 0.329 e. The van der Waals surface area contributed by atoms with E-state index in [9.17, 15) is 18.0 Å². The van der Waals surface area contributed by atoms with E-state index in [-0.39, 0.29) is 18.8 Å². The van der Waals surface area contributed by atoms with Gasteiger partial charge in [-0.2, -0.15) is 0 Å². The standard InChI is InChI=1S/C19H21NO5S/c1-26(23,24)13-12-17(20-18(21)16-10-6-3-7-11-16)19(22)25-14-15-8-4-2-5-9-15/h2-11,17H,12-14H2,1H3,(H,20,21)/t17-/m1/s1. The van der Waals surface area contributed by atoms with Crippen LogP contribution >= 0.6 is 0 Å². The molecular formula is C19H21NO5S. The van der Waals surface area contributed by atoms with E-state index in [0.717, 1.165) is 11.8 Å². The fourth-order valence-corrected chi connectivity index (χ4v) is 2.91. The first kappa shape index (κ1) is 19.7. The molecule has 0 heterocycles. The Balaban J connectivity index is 2.04. The van der Waals surface area contributed by atoms with Gasteiger partial charge in [0.05, 0.1) is 5.75 Å². The molecule has 0 aliphatic rings. The number of sulfone groups is 1. The monoisotopic (exact) mass is 375 g/mol. The molecule has 1 N–H and O–H groups in total. The number of benzene rings is 2. The minimum absolute atomic E-state index is 0.0506. The molecule has 0 saturated carbocycles. The number of esters is 1. The molecule has 0 bridgehead atoms. The lowest BCUT2D eigenvalue weighted by Crippen LogP contribution is -2.42. The normalized spacial score (nSPS) is 12.2. The average molecular weight is 375 g/mol. The molecule has 0 radical (unpaired) electrons. The summed E-state index contributed by atoms with van der Waals surface area (Å²) in [5.74, 6) is -1.35. The van der Waals surface area contributed by atoms with Gasteiger partial charge in [0.1, 0.15) is 22.5 Å². The zero-order valence-electron chi connectivity index (χ0n) is 14.4. The summed E-state index contributed by atoms with van der Waals surface area (Å²) < 4.78 is 28.1. The van der Waals surface area contributed by atoms with E-state index >= 15 is 0 Å². The van der Waals surface area contributed by atoms with Crippen molar-refractivity contribution in [3.8, 4) is 0 Å². The van der Waals surface area contributed by atoms with Gasteiger partial charge in [0.25, 0.3) is 5.91 Å². The second-order valence-electron chi connectivity index (χ2n) is 5.90. The van der Waals surface area contributed by atoms with Crippen molar-refractivity contribution in [1.29, 1.82) is 0 Å². The van der Waals surface area contributed by atoms with Crippen molar-refractivity contribution >= 4 is 21.7 Å². The lowest BCUT2D eigenvalue weighted by Gasteiger charge is -2.17. The topological polar surface area (TPSA) is 89.5 Å². The quantitative estimate of drug-likeness (QED) is 0.713. The number of hydrogen-bond acceptors (Lipinski definition) is 5. The predicted molar refractivity (Wildman–Crippen MR) is 98.3 cm³/mol. The average Bonchev–Trinajstić information content (AvgIpc) is 2.63. The Morgan fingerprint density at radius 3 is 2.15 bits per heavy atom. The van der Waals surface area contributed by atoms with Crippen LogP contribution in [0.3, 0.4) is 0 Å². The lowest BCUT2D eigenvalue weighted by molar-refractivity contribution is -0.147. The third kappa shape index (κ3) is 6.68. The van der Waals surface area contributed by atoms with E-state index in [1.165, 1.54) is 0 Å². The van der Waals surface area contributed by atoms with E-state index in [2.05, 4.69) is 5.32 Å². The molecule has 2 aromatic rings. The summed E-state index contributed by atoms with van der Waals surface area (Å²) in [4.78, 5) is 24.7. The van der Waals surface area contributed by atoms with Gasteiger partial charge in [-0.3, -0.25) is 4.79 Å². The van der Waals surface area contributed by atoms with Gasteiger partial charge in [-0.05, 0) is 24.1 Å². The van der Waals surface area contributed by atoms with Crippen LogP contribution in [0.15, 0.2) is 60.7 Å². The van der Waals surface area contributed by atoms with Crippen LogP contribution in [0, 0.1) is 0 Å². The van der Waals surface area contributed by atoms with E-state index < -0.39 is 27.8 Å². The zero-order chi connectivity index (χ0) is 19.0. The highest BCUT2D eigenvalue weighted by molar-refractivity contribution is 7.90. The molecule has 26 heavy (non-hydrogen) atoms. The van der Waals surface area contributed by atoms with Crippen molar-refractivity contribution in [1.82, 2.24) is 5.32 Å². The third-order valence-corrected chi connectivity index (χ3v) is 4.60. The fraction of sp³-hybridized carbons (Fsp3) is 0.263. The van der Waals surface area contributed by atoms with E-state index in [4.69, 9.17) is 4.74 Å². The van der Waals surface area contributed by atoms with Gasteiger partial charge in [-0.1, -0.05) is 48.5 Å². The molecule has 0 saturated heterocycles. The maximum absolute atomic E-state index is 12.4. The van der Waals surface area contributed by atoms with Gasteiger partial charge in [0.2, 0.25) is 0 Å². The van der Waals surface area contributed by atoms with Gasteiger partial charge in [0.15, 0.2) is 0 Å². The molecule has 0 aromatic heterocycles. The summed E-state index contributed by atoms with van der Waals surface area (Å²) in [5.41, 5.74) is 1.19. The summed E-state index contributed by atoms with van der Waals surface area (Å²) in [6, 6.07) is 16.5. The molecule has 2 aromatic carbocycles. The van der Waals surface area contributed by atoms with Crippen LogP contribution in [0.1, 0.15) is 22.3 Å². The van der Waals surface area contributed by atoms with Gasteiger partial charge in [0, 0.05) is 11.8 Å². The minimum Gasteiger partial charge on any atom is -0.459 e. The molecular weight excluding hydrogens is 354 g/mol. The second kappa shape index (κ2) is 9.15. The highest BCUT2D eigenvalue weighted by Gasteiger charge is 2.24. The van der Waals surface area contributed by atoms with E-state index in [0.29, 0.717) is 5.56 Å². The molecule has 0 spiro atoms. The Morgan fingerprint density at radius 1 is 1.00 bits per heavy atom. The molecule has 2 rings (SSSR count). The molecule has 7 heteroatoms.